The van der Waals surface area contributed by atoms with Crippen LogP contribution in [-0.4, -0.2) is 38.8 Å². The molecule has 174 valence electrons. The number of para-hydroxylation sites is 2. The van der Waals surface area contributed by atoms with Crippen LogP contribution in [0, 0.1) is 0 Å². The van der Waals surface area contributed by atoms with Crippen LogP contribution in [-0.2, 0) is 19.6 Å². The Morgan fingerprint density at radius 3 is 2.55 bits per heavy atom. The number of sulfonamides is 1. The molecule has 0 bridgehead atoms. The summed E-state index contributed by atoms with van der Waals surface area (Å²) in [4.78, 5) is 30.2. The molecule has 1 aliphatic heterocycles. The van der Waals surface area contributed by atoms with Gasteiger partial charge in [-0.25, -0.2) is 22.9 Å². The Morgan fingerprint density at radius 2 is 1.85 bits per heavy atom. The molecule has 2 aromatic rings. The Morgan fingerprint density at radius 1 is 1.12 bits per heavy atom. The number of amides is 1. The molecule has 2 aromatic carbocycles. The summed E-state index contributed by atoms with van der Waals surface area (Å²) in [5.41, 5.74) is 1.80. The highest BCUT2D eigenvalue weighted by Gasteiger charge is 2.26. The first-order chi connectivity index (χ1) is 15.6. The van der Waals surface area contributed by atoms with Gasteiger partial charge in [-0.2, -0.15) is 0 Å². The molecule has 0 saturated carbocycles. The van der Waals surface area contributed by atoms with E-state index in [1.54, 1.807) is 45.9 Å². The number of nitrogens with zero attached hydrogens (tertiary/aromatic N) is 1. The molecule has 0 radical (unpaired) electrons. The van der Waals surface area contributed by atoms with Gasteiger partial charge in [-0.1, -0.05) is 18.2 Å². The number of carbonyl (C=O) groups is 2. The van der Waals surface area contributed by atoms with Crippen molar-refractivity contribution >= 4 is 39.1 Å². The van der Waals surface area contributed by atoms with Crippen LogP contribution in [0.3, 0.4) is 0 Å². The first-order valence-corrected chi connectivity index (χ1v) is 11.9. The predicted molar refractivity (Wildman–Crippen MR) is 126 cm³/mol. The molecule has 1 heterocycles. The molecule has 0 atom stereocenters. The number of rotatable bonds is 6. The van der Waals surface area contributed by atoms with Crippen LogP contribution < -0.4 is 15.4 Å². The Labute approximate surface area is 193 Å². The average molecular weight is 471 g/mol. The molecule has 33 heavy (non-hydrogen) atoms. The number of anilines is 1. The minimum Gasteiger partial charge on any atom is -0.462 e. The molecule has 1 aliphatic rings. The summed E-state index contributed by atoms with van der Waals surface area (Å²) < 4.78 is 32.7. The van der Waals surface area contributed by atoms with Crippen LogP contribution in [0.15, 0.2) is 69.7 Å². The van der Waals surface area contributed by atoms with Crippen molar-refractivity contribution in [2.24, 2.45) is 4.99 Å². The Bertz CT molecular complexity index is 1250. The summed E-state index contributed by atoms with van der Waals surface area (Å²) in [7, 11) is -3.79. The molecular formula is C23H26N4O5S. The highest BCUT2D eigenvalue weighted by molar-refractivity contribution is 7.89. The molecule has 0 fully saturated rings. The van der Waals surface area contributed by atoms with Gasteiger partial charge < -0.3 is 15.4 Å². The molecule has 1 amide bonds. The minimum absolute atomic E-state index is 0.00182. The van der Waals surface area contributed by atoms with E-state index < -0.39 is 21.9 Å². The summed E-state index contributed by atoms with van der Waals surface area (Å²) in [5, 5.41) is 5.78. The summed E-state index contributed by atoms with van der Waals surface area (Å²) in [6, 6.07) is 12.5. The molecule has 0 aromatic heterocycles. The summed E-state index contributed by atoms with van der Waals surface area (Å²) in [6.45, 7) is 6.91. The first kappa shape index (κ1) is 24.1. The summed E-state index contributed by atoms with van der Waals surface area (Å²) in [5.74, 6) is -1.27. The number of ether oxygens (including phenoxy) is 1. The number of benzene rings is 2. The zero-order valence-corrected chi connectivity index (χ0v) is 19.6. The number of allylic oxidation sites excluding steroid dienone is 1. The average Bonchev–Trinajstić information content (AvgIpc) is 2.88. The van der Waals surface area contributed by atoms with E-state index in [9.17, 15) is 18.0 Å². The number of aliphatic imine (C=N–C) groups is 1. The van der Waals surface area contributed by atoms with Gasteiger partial charge in [0.2, 0.25) is 10.0 Å². The maximum atomic E-state index is 13.1. The van der Waals surface area contributed by atoms with E-state index in [0.29, 0.717) is 17.1 Å². The second kappa shape index (κ2) is 9.97. The molecule has 3 rings (SSSR count). The third-order valence-corrected chi connectivity index (χ3v) is 6.24. The highest BCUT2D eigenvalue weighted by Crippen LogP contribution is 2.30. The molecule has 9 nitrogen and oxygen atoms in total. The lowest BCUT2D eigenvalue weighted by molar-refractivity contribution is -0.137. The van der Waals surface area contributed by atoms with Gasteiger partial charge >= 0.3 is 5.97 Å². The minimum atomic E-state index is -3.79. The first-order valence-electron chi connectivity index (χ1n) is 10.4. The molecule has 0 saturated heterocycles. The molecule has 0 spiro atoms. The molecule has 3 N–H and O–H groups in total. The van der Waals surface area contributed by atoms with E-state index in [0.717, 1.165) is 0 Å². The Hall–Kier alpha value is -3.50. The van der Waals surface area contributed by atoms with Gasteiger partial charge in [0.25, 0.3) is 5.91 Å². The topological polar surface area (TPSA) is 126 Å². The third kappa shape index (κ3) is 5.65. The van der Waals surface area contributed by atoms with Crippen molar-refractivity contribution in [1.29, 1.82) is 0 Å². The van der Waals surface area contributed by atoms with E-state index in [2.05, 4.69) is 20.3 Å². The number of carbonyl (C=O) groups excluding carboxylic acids is 2. The summed E-state index contributed by atoms with van der Waals surface area (Å²) >= 11 is 0. The quantitative estimate of drug-likeness (QED) is 0.557. The van der Waals surface area contributed by atoms with Crippen LogP contribution in [0.2, 0.25) is 0 Å². The standard InChI is InChI=1S/C23H26N4O5S/c1-5-32-23(29)20-15(4)24-18-11-6-7-12-19(18)25-21(20)26-22(28)16-9-8-10-17(13-16)33(30,31)27-14(2)3/h6-14,24,27H,5H2,1-4H3,(H,25,26,28). The number of hydrogen-bond acceptors (Lipinski definition) is 7. The zero-order valence-electron chi connectivity index (χ0n) is 18.8. The van der Waals surface area contributed by atoms with Gasteiger partial charge in [0.15, 0.2) is 0 Å². The number of fused-ring (bicyclic) bond motifs is 1. The number of hydrogen-bond donors (Lipinski definition) is 3. The van der Waals surface area contributed by atoms with Gasteiger partial charge in [0.05, 0.1) is 22.9 Å². The van der Waals surface area contributed by atoms with E-state index in [-0.39, 0.29) is 34.5 Å². The van der Waals surface area contributed by atoms with Crippen LogP contribution in [0.1, 0.15) is 38.1 Å². The fourth-order valence-corrected chi connectivity index (χ4v) is 4.50. The zero-order chi connectivity index (χ0) is 24.2. The van der Waals surface area contributed by atoms with E-state index in [1.165, 1.54) is 24.3 Å². The second-order valence-electron chi connectivity index (χ2n) is 7.58. The van der Waals surface area contributed by atoms with Crippen molar-refractivity contribution in [2.45, 2.75) is 38.6 Å². The van der Waals surface area contributed by atoms with Crippen molar-refractivity contribution in [3.8, 4) is 0 Å². The molecule has 0 aliphatic carbocycles. The maximum Gasteiger partial charge on any atom is 0.343 e. The third-order valence-electron chi connectivity index (χ3n) is 4.58. The molecule has 0 unspecified atom stereocenters. The second-order valence-corrected chi connectivity index (χ2v) is 9.29. The highest BCUT2D eigenvalue weighted by atomic mass is 32.2. The lowest BCUT2D eigenvalue weighted by Crippen LogP contribution is -2.35. The monoisotopic (exact) mass is 470 g/mol. The van der Waals surface area contributed by atoms with Crippen molar-refractivity contribution in [1.82, 2.24) is 10.0 Å². The normalized spacial score (nSPS) is 13.5. The fraction of sp³-hybridized carbons (Fsp3) is 0.261. The van der Waals surface area contributed by atoms with Gasteiger partial charge in [-0.3, -0.25) is 4.79 Å². The maximum absolute atomic E-state index is 13.1. The number of amidine groups is 1. The molecular weight excluding hydrogens is 444 g/mol. The van der Waals surface area contributed by atoms with Gasteiger partial charge in [-0.15, -0.1) is 0 Å². The summed E-state index contributed by atoms with van der Waals surface area (Å²) in [6.07, 6.45) is 0. The van der Waals surface area contributed by atoms with Crippen LogP contribution in [0.4, 0.5) is 11.4 Å². The van der Waals surface area contributed by atoms with Crippen molar-refractivity contribution < 1.29 is 22.7 Å². The fourth-order valence-electron chi connectivity index (χ4n) is 3.20. The predicted octanol–water partition coefficient (Wildman–Crippen LogP) is 3.10. The van der Waals surface area contributed by atoms with E-state index in [4.69, 9.17) is 4.74 Å². The Kier molecular flexibility index (Phi) is 7.29. The smallest absolute Gasteiger partial charge is 0.343 e. The van der Waals surface area contributed by atoms with E-state index >= 15 is 0 Å². The van der Waals surface area contributed by atoms with Crippen LogP contribution in [0.25, 0.3) is 0 Å². The van der Waals surface area contributed by atoms with Gasteiger partial charge in [-0.05, 0) is 58.0 Å². The van der Waals surface area contributed by atoms with Crippen LogP contribution in [0.5, 0.6) is 0 Å². The number of nitrogens with one attached hydrogen (secondary N) is 3. The lowest BCUT2D eigenvalue weighted by atomic mass is 10.1. The van der Waals surface area contributed by atoms with E-state index in [1.807, 2.05) is 6.07 Å². The van der Waals surface area contributed by atoms with Crippen molar-refractivity contribution in [3.63, 3.8) is 0 Å². The number of esters is 1. The Balaban J connectivity index is 2.00. The lowest BCUT2D eigenvalue weighted by Gasteiger charge is -2.14. The van der Waals surface area contributed by atoms with Crippen LogP contribution >= 0.6 is 0 Å². The SMILES string of the molecule is CCOC(=O)C1=C(C)Nc2ccccc2N=C1NC(=O)c1cccc(S(=O)(=O)NC(C)C)c1. The van der Waals surface area contributed by atoms with Gasteiger partial charge in [0.1, 0.15) is 11.4 Å². The van der Waals surface area contributed by atoms with Crippen molar-refractivity contribution in [2.75, 3.05) is 11.9 Å². The largest absolute Gasteiger partial charge is 0.462 e. The molecule has 10 heteroatoms. The van der Waals surface area contributed by atoms with Gasteiger partial charge in [0, 0.05) is 17.3 Å². The van der Waals surface area contributed by atoms with Crippen molar-refractivity contribution in [3.05, 3.63) is 65.4 Å².